The molecule has 0 aromatic heterocycles. The number of aryl methyl sites for hydroxylation is 1. The molecular formula is C27H36O6. The number of ether oxygens (including phenoxy) is 4. The Morgan fingerprint density at radius 2 is 1.91 bits per heavy atom. The summed E-state index contributed by atoms with van der Waals surface area (Å²) in [5.74, 6) is -1.66. The molecule has 0 bridgehead atoms. The minimum atomic E-state index is -1.83. The zero-order chi connectivity index (χ0) is 24.0. The minimum Gasteiger partial charge on any atom is -0.487 e. The van der Waals surface area contributed by atoms with Gasteiger partial charge in [-0.1, -0.05) is 31.4 Å². The maximum Gasteiger partial charge on any atom is 0.392 e. The van der Waals surface area contributed by atoms with Crippen molar-refractivity contribution in [2.45, 2.75) is 97.4 Å². The van der Waals surface area contributed by atoms with Crippen LogP contribution < -0.4 is 9.47 Å². The van der Waals surface area contributed by atoms with Gasteiger partial charge in [-0.2, -0.15) is 0 Å². The molecule has 6 nitrogen and oxygen atoms in total. The average Bonchev–Trinajstić information content (AvgIpc) is 2.72. The second-order valence-corrected chi connectivity index (χ2v) is 10.2. The summed E-state index contributed by atoms with van der Waals surface area (Å²) in [6.07, 6.45) is 8.08. The van der Waals surface area contributed by atoms with Gasteiger partial charge in [-0.05, 0) is 65.0 Å². The van der Waals surface area contributed by atoms with Crippen LogP contribution >= 0.6 is 0 Å². The third kappa shape index (κ3) is 4.13. The number of allylic oxidation sites excluding steroid dienone is 2. The monoisotopic (exact) mass is 456 g/mol. The van der Waals surface area contributed by atoms with Gasteiger partial charge >= 0.3 is 17.7 Å². The molecule has 0 fully saturated rings. The Kier molecular flexibility index (Phi) is 6.23. The van der Waals surface area contributed by atoms with E-state index in [1.165, 1.54) is 12.5 Å². The molecule has 0 saturated heterocycles. The number of hydrogen-bond acceptors (Lipinski definition) is 6. The number of hydrogen-bond donors (Lipinski definition) is 0. The molecule has 1 aromatic carbocycles. The van der Waals surface area contributed by atoms with Crippen molar-refractivity contribution in [3.63, 3.8) is 0 Å². The first kappa shape index (κ1) is 23.7. The molecule has 0 radical (unpaired) electrons. The second-order valence-electron chi connectivity index (χ2n) is 10.2. The molecule has 33 heavy (non-hydrogen) atoms. The van der Waals surface area contributed by atoms with Gasteiger partial charge < -0.3 is 18.9 Å². The molecule has 3 unspecified atom stereocenters. The van der Waals surface area contributed by atoms with Gasteiger partial charge in [0.25, 0.3) is 0 Å². The number of rotatable bonds is 6. The number of esters is 2. The molecule has 0 spiro atoms. The summed E-state index contributed by atoms with van der Waals surface area (Å²) in [7, 11) is 0. The van der Waals surface area contributed by atoms with Crippen molar-refractivity contribution in [1.82, 2.24) is 0 Å². The van der Waals surface area contributed by atoms with Crippen molar-refractivity contribution in [3.05, 3.63) is 34.4 Å². The van der Waals surface area contributed by atoms with E-state index in [2.05, 4.69) is 33.8 Å². The summed E-state index contributed by atoms with van der Waals surface area (Å²) in [5, 5.41) is 0. The van der Waals surface area contributed by atoms with Crippen molar-refractivity contribution in [3.8, 4) is 11.5 Å². The summed E-state index contributed by atoms with van der Waals surface area (Å²) in [4.78, 5) is 26.0. The highest BCUT2D eigenvalue weighted by atomic mass is 16.8. The lowest BCUT2D eigenvalue weighted by atomic mass is 9.67. The first-order chi connectivity index (χ1) is 15.6. The number of benzene rings is 1. The van der Waals surface area contributed by atoms with Crippen LogP contribution in [0.5, 0.6) is 11.5 Å². The predicted molar refractivity (Wildman–Crippen MR) is 125 cm³/mol. The van der Waals surface area contributed by atoms with Crippen molar-refractivity contribution in [1.29, 1.82) is 0 Å². The van der Waals surface area contributed by atoms with Crippen molar-refractivity contribution >= 4 is 11.9 Å². The Morgan fingerprint density at radius 1 is 1.15 bits per heavy atom. The highest BCUT2D eigenvalue weighted by Crippen LogP contribution is 2.56. The van der Waals surface area contributed by atoms with Gasteiger partial charge in [-0.3, -0.25) is 0 Å². The first-order valence-corrected chi connectivity index (χ1v) is 12.3. The molecule has 3 atom stereocenters. The van der Waals surface area contributed by atoms with E-state index in [1.54, 1.807) is 6.92 Å². The van der Waals surface area contributed by atoms with Crippen LogP contribution in [0.3, 0.4) is 0 Å². The number of carbonyl (C=O) groups is 2. The van der Waals surface area contributed by atoms with Crippen LogP contribution in [0.1, 0.15) is 101 Å². The fourth-order valence-corrected chi connectivity index (χ4v) is 5.47. The van der Waals surface area contributed by atoms with E-state index in [-0.39, 0.29) is 24.0 Å². The third-order valence-corrected chi connectivity index (χ3v) is 7.19. The Labute approximate surface area is 196 Å². The summed E-state index contributed by atoms with van der Waals surface area (Å²) in [6.45, 7) is 11.9. The molecule has 2 heterocycles. The van der Waals surface area contributed by atoms with E-state index >= 15 is 0 Å². The fourth-order valence-electron chi connectivity index (χ4n) is 5.47. The maximum absolute atomic E-state index is 13.3. The number of carbonyl (C=O) groups excluding carboxylic acids is 2. The number of fused-ring (bicyclic) bond motifs is 5. The van der Waals surface area contributed by atoms with Gasteiger partial charge in [0, 0.05) is 24.3 Å². The van der Waals surface area contributed by atoms with Crippen molar-refractivity contribution in [2.75, 3.05) is 6.61 Å². The average molecular weight is 457 g/mol. The van der Waals surface area contributed by atoms with Gasteiger partial charge in [-0.15, -0.1) is 0 Å². The number of cyclic esters (lactones) is 1. The Morgan fingerprint density at radius 3 is 2.61 bits per heavy atom. The van der Waals surface area contributed by atoms with Crippen LogP contribution in [-0.4, -0.2) is 29.9 Å². The minimum absolute atomic E-state index is 0.0355. The molecule has 2 aliphatic heterocycles. The van der Waals surface area contributed by atoms with Crippen LogP contribution in [0.25, 0.3) is 0 Å². The van der Waals surface area contributed by atoms with Crippen LogP contribution in [0.15, 0.2) is 17.7 Å². The van der Waals surface area contributed by atoms with E-state index in [1.807, 2.05) is 6.07 Å². The highest BCUT2D eigenvalue weighted by molar-refractivity contribution is 5.99. The van der Waals surface area contributed by atoms with E-state index in [4.69, 9.17) is 18.9 Å². The van der Waals surface area contributed by atoms with Crippen LogP contribution in [0.2, 0.25) is 0 Å². The van der Waals surface area contributed by atoms with Crippen LogP contribution in [-0.2, 0) is 20.7 Å². The molecule has 1 aliphatic carbocycles. The standard InChI is InChI=1S/C27H36O6/c1-7-9-10-11-17-15-20-22(18-14-16(3)12-13-19(18)26(4,5)31-20)23-21(17)24(28)33-27(6,32-23)25(29)30-8-2/h14-15,18-19H,7-13H2,1-6H3. The molecule has 4 rings (SSSR count). The molecular weight excluding hydrogens is 420 g/mol. The smallest absolute Gasteiger partial charge is 0.392 e. The Bertz CT molecular complexity index is 991. The molecule has 3 aliphatic rings. The normalized spacial score (nSPS) is 27.1. The van der Waals surface area contributed by atoms with E-state index < -0.39 is 17.7 Å². The molecule has 1 aromatic rings. The Hall–Kier alpha value is -2.50. The fraction of sp³-hybridized carbons (Fsp3) is 0.630. The quantitative estimate of drug-likeness (QED) is 0.303. The number of unbranched alkanes of at least 4 members (excludes halogenated alkanes) is 2. The van der Waals surface area contributed by atoms with Crippen molar-refractivity contribution in [2.24, 2.45) is 5.92 Å². The zero-order valence-electron chi connectivity index (χ0n) is 20.7. The van der Waals surface area contributed by atoms with E-state index in [0.717, 1.165) is 49.0 Å². The van der Waals surface area contributed by atoms with E-state index in [9.17, 15) is 9.59 Å². The summed E-state index contributed by atoms with van der Waals surface area (Å²) < 4.78 is 23.6. The van der Waals surface area contributed by atoms with Gasteiger partial charge in [0.1, 0.15) is 22.7 Å². The lowest BCUT2D eigenvalue weighted by molar-refractivity contribution is -0.198. The summed E-state index contributed by atoms with van der Waals surface area (Å²) in [6, 6.07) is 2.00. The largest absolute Gasteiger partial charge is 0.487 e. The zero-order valence-corrected chi connectivity index (χ0v) is 20.7. The molecule has 0 amide bonds. The van der Waals surface area contributed by atoms with Gasteiger partial charge in [0.15, 0.2) is 0 Å². The lowest BCUT2D eigenvalue weighted by Crippen LogP contribution is -2.51. The van der Waals surface area contributed by atoms with Gasteiger partial charge in [0.2, 0.25) is 0 Å². The Balaban J connectivity index is 1.91. The first-order valence-electron chi connectivity index (χ1n) is 12.3. The van der Waals surface area contributed by atoms with Gasteiger partial charge in [0.05, 0.1) is 6.61 Å². The summed E-state index contributed by atoms with van der Waals surface area (Å²) in [5.41, 5.74) is 3.07. The second kappa shape index (κ2) is 8.69. The lowest BCUT2D eigenvalue weighted by Gasteiger charge is -2.48. The maximum atomic E-state index is 13.3. The predicted octanol–water partition coefficient (Wildman–Crippen LogP) is 5.86. The van der Waals surface area contributed by atoms with E-state index in [0.29, 0.717) is 17.7 Å². The van der Waals surface area contributed by atoms with Crippen LogP contribution in [0, 0.1) is 5.92 Å². The molecule has 6 heteroatoms. The molecule has 0 N–H and O–H groups in total. The third-order valence-electron chi connectivity index (χ3n) is 7.19. The molecule has 180 valence electrons. The van der Waals surface area contributed by atoms with Crippen LogP contribution in [0.4, 0.5) is 0 Å². The molecule has 0 saturated carbocycles. The van der Waals surface area contributed by atoms with Gasteiger partial charge in [-0.25, -0.2) is 9.59 Å². The van der Waals surface area contributed by atoms with Crippen molar-refractivity contribution < 1.29 is 28.5 Å². The summed E-state index contributed by atoms with van der Waals surface area (Å²) >= 11 is 0. The topological polar surface area (TPSA) is 71.1 Å². The highest BCUT2D eigenvalue weighted by Gasteiger charge is 2.52. The SMILES string of the molecule is CCCCCc1cc2c(c3c1C(=O)OC(C)(C(=O)OCC)O3)C1C=C(C)CCC1C(C)(C)O2.